The molecule has 0 saturated heterocycles. The van der Waals surface area contributed by atoms with Crippen LogP contribution in [-0.2, 0) is 16.4 Å². The van der Waals surface area contributed by atoms with Crippen molar-refractivity contribution in [2.45, 2.75) is 11.4 Å². The number of sulfone groups is 1. The first-order valence-electron chi connectivity index (χ1n) is 6.42. The van der Waals surface area contributed by atoms with Crippen LogP contribution < -0.4 is 5.69 Å². The summed E-state index contributed by atoms with van der Waals surface area (Å²) in [7, 11) is -3.23. The van der Waals surface area contributed by atoms with Crippen molar-refractivity contribution in [3.63, 3.8) is 0 Å². The summed E-state index contributed by atoms with van der Waals surface area (Å²) in [4.78, 5) is 13.7. The van der Waals surface area contributed by atoms with Crippen LogP contribution in [0.25, 0.3) is 10.4 Å². The molecule has 0 unspecified atom stereocenters. The number of hydrogen-bond acceptors (Lipinski definition) is 5. The third-order valence-electron chi connectivity index (χ3n) is 3.15. The van der Waals surface area contributed by atoms with Gasteiger partial charge in [-0.25, -0.2) is 18.3 Å². The second kappa shape index (κ2) is 5.54. The molecule has 2 aromatic heterocycles. The van der Waals surface area contributed by atoms with E-state index in [2.05, 4.69) is 10.2 Å². The lowest BCUT2D eigenvalue weighted by atomic mass is 10.2. The Morgan fingerprint density at radius 2 is 2.09 bits per heavy atom. The molecule has 22 heavy (non-hydrogen) atoms. The number of hydrogen-bond donors (Lipinski definition) is 1. The van der Waals surface area contributed by atoms with E-state index in [1.807, 2.05) is 18.2 Å². The minimum Gasteiger partial charge on any atom is -0.276 e. The van der Waals surface area contributed by atoms with Crippen LogP contribution in [0.15, 0.2) is 52.4 Å². The topological polar surface area (TPSA) is 84.8 Å². The normalized spacial score (nSPS) is 11.7. The average Bonchev–Trinajstić information content (AvgIpc) is 3.09. The maximum absolute atomic E-state index is 11.6. The summed E-state index contributed by atoms with van der Waals surface area (Å²) in [5.41, 5.74) is 0.590. The first kappa shape index (κ1) is 14.7. The van der Waals surface area contributed by atoms with Crippen molar-refractivity contribution >= 4 is 21.2 Å². The predicted octanol–water partition coefficient (Wildman–Crippen LogP) is 1.75. The molecule has 0 amide bonds. The number of thiophene rings is 1. The number of benzene rings is 1. The average molecular weight is 335 g/mol. The monoisotopic (exact) mass is 335 g/mol. The highest BCUT2D eigenvalue weighted by Gasteiger charge is 2.10. The lowest BCUT2D eigenvalue weighted by Crippen LogP contribution is -2.16. The van der Waals surface area contributed by atoms with Crippen molar-refractivity contribution < 1.29 is 8.42 Å². The lowest BCUT2D eigenvalue weighted by molar-refractivity contribution is 0.602. The second-order valence-electron chi connectivity index (χ2n) is 4.86. The van der Waals surface area contributed by atoms with Crippen molar-refractivity contribution in [3.05, 3.63) is 58.1 Å². The zero-order valence-electron chi connectivity index (χ0n) is 11.7. The number of aromatic amines is 1. The summed E-state index contributed by atoms with van der Waals surface area (Å²) >= 11 is 1.52. The Balaban J connectivity index is 1.91. The van der Waals surface area contributed by atoms with Gasteiger partial charge in [0.05, 0.1) is 11.4 Å². The molecule has 0 spiro atoms. The molecular formula is C14H13N3O3S2. The minimum atomic E-state index is -3.23. The zero-order chi connectivity index (χ0) is 15.7. The molecule has 114 valence electrons. The first-order chi connectivity index (χ1) is 10.4. The molecule has 1 aromatic carbocycles. The van der Waals surface area contributed by atoms with Crippen LogP contribution in [0, 0.1) is 0 Å². The van der Waals surface area contributed by atoms with Gasteiger partial charge in [0.15, 0.2) is 9.84 Å². The molecule has 0 aliphatic carbocycles. The smallest absolute Gasteiger partial charge is 0.276 e. The highest BCUT2D eigenvalue weighted by atomic mass is 32.2. The number of rotatable bonds is 4. The Morgan fingerprint density at radius 3 is 2.77 bits per heavy atom. The molecule has 0 saturated carbocycles. The highest BCUT2D eigenvalue weighted by Crippen LogP contribution is 2.29. The molecule has 0 aliphatic rings. The Labute approximate surface area is 131 Å². The van der Waals surface area contributed by atoms with Crippen LogP contribution in [0.2, 0.25) is 0 Å². The van der Waals surface area contributed by atoms with Gasteiger partial charge in [-0.1, -0.05) is 12.1 Å². The minimum absolute atomic E-state index is 0.256. The fraction of sp³-hybridized carbons (Fsp3) is 0.143. The van der Waals surface area contributed by atoms with Crippen molar-refractivity contribution in [2.75, 3.05) is 6.26 Å². The van der Waals surface area contributed by atoms with E-state index in [-0.39, 0.29) is 5.69 Å². The van der Waals surface area contributed by atoms with Crippen LogP contribution in [0.1, 0.15) is 4.88 Å². The fourth-order valence-corrected chi connectivity index (χ4v) is 3.72. The van der Waals surface area contributed by atoms with Crippen molar-refractivity contribution in [1.82, 2.24) is 14.8 Å². The molecule has 6 nitrogen and oxygen atoms in total. The molecule has 1 N–H and O–H groups in total. The van der Waals surface area contributed by atoms with Gasteiger partial charge < -0.3 is 0 Å². The predicted molar refractivity (Wildman–Crippen MR) is 84.8 cm³/mol. The van der Waals surface area contributed by atoms with Crippen LogP contribution in [0.5, 0.6) is 0 Å². The van der Waals surface area contributed by atoms with Crippen LogP contribution >= 0.6 is 11.3 Å². The number of nitrogens with zero attached hydrogens (tertiary/aromatic N) is 2. The maximum atomic E-state index is 11.6. The zero-order valence-corrected chi connectivity index (χ0v) is 13.3. The molecule has 8 heteroatoms. The van der Waals surface area contributed by atoms with Gasteiger partial charge in [-0.05, 0) is 29.8 Å². The van der Waals surface area contributed by atoms with Gasteiger partial charge >= 0.3 is 5.69 Å². The highest BCUT2D eigenvalue weighted by molar-refractivity contribution is 7.90. The Hall–Kier alpha value is -2.19. The molecular weight excluding hydrogens is 322 g/mol. The van der Waals surface area contributed by atoms with E-state index in [0.717, 1.165) is 15.3 Å². The van der Waals surface area contributed by atoms with Gasteiger partial charge in [0.2, 0.25) is 0 Å². The summed E-state index contributed by atoms with van der Waals surface area (Å²) in [6.07, 6.45) is 2.64. The summed E-state index contributed by atoms with van der Waals surface area (Å²) in [6.45, 7) is 0.436. The second-order valence-corrected chi connectivity index (χ2v) is 8.04. The summed E-state index contributed by atoms with van der Waals surface area (Å²) < 4.78 is 24.7. The summed E-state index contributed by atoms with van der Waals surface area (Å²) in [6, 6.07) is 10.7. The lowest BCUT2D eigenvalue weighted by Gasteiger charge is -2.01. The molecule has 2 heterocycles. The number of nitrogens with one attached hydrogen (secondary N) is 1. The molecule has 3 rings (SSSR count). The quantitative estimate of drug-likeness (QED) is 0.787. The van der Waals surface area contributed by atoms with Gasteiger partial charge in [-0.15, -0.1) is 11.3 Å². The standard InChI is InChI=1S/C14H13N3O3S2/c1-22(19,20)12-4-2-3-10(7-12)13-6-5-11(21-13)8-17-9-15-16-14(17)18/h2-7,9H,8H2,1H3,(H,16,18). The molecule has 3 aromatic rings. The van der Waals surface area contributed by atoms with Gasteiger partial charge in [-0.2, -0.15) is 5.10 Å². The van der Waals surface area contributed by atoms with Crippen molar-refractivity contribution in [2.24, 2.45) is 0 Å². The van der Waals surface area contributed by atoms with Gasteiger partial charge in [0.25, 0.3) is 0 Å². The van der Waals surface area contributed by atoms with Crippen LogP contribution in [0.4, 0.5) is 0 Å². The largest absolute Gasteiger partial charge is 0.343 e. The van der Waals surface area contributed by atoms with E-state index in [4.69, 9.17) is 0 Å². The Morgan fingerprint density at radius 1 is 1.27 bits per heavy atom. The van der Waals surface area contributed by atoms with Gasteiger partial charge in [-0.3, -0.25) is 4.57 Å². The van der Waals surface area contributed by atoms with Crippen LogP contribution in [0.3, 0.4) is 0 Å². The fourth-order valence-electron chi connectivity index (χ4n) is 2.05. The van der Waals surface area contributed by atoms with Gasteiger partial charge in [0.1, 0.15) is 6.33 Å². The molecule has 0 bridgehead atoms. The molecule has 0 atom stereocenters. The summed E-state index contributed by atoms with van der Waals surface area (Å²) in [5.74, 6) is 0. The maximum Gasteiger partial charge on any atom is 0.343 e. The van der Waals surface area contributed by atoms with E-state index >= 15 is 0 Å². The third kappa shape index (κ3) is 3.02. The van der Waals surface area contributed by atoms with E-state index in [9.17, 15) is 13.2 Å². The first-order valence-corrected chi connectivity index (χ1v) is 9.13. The van der Waals surface area contributed by atoms with Crippen molar-refractivity contribution in [3.8, 4) is 10.4 Å². The van der Waals surface area contributed by atoms with Crippen LogP contribution in [-0.4, -0.2) is 29.4 Å². The van der Waals surface area contributed by atoms with Gasteiger partial charge in [0, 0.05) is 16.0 Å². The van der Waals surface area contributed by atoms with Crippen molar-refractivity contribution in [1.29, 1.82) is 0 Å². The number of aromatic nitrogens is 3. The SMILES string of the molecule is CS(=O)(=O)c1cccc(-c2ccc(Cn3cn[nH]c3=O)s2)c1. The van der Waals surface area contributed by atoms with E-state index in [1.54, 1.807) is 18.2 Å². The molecule has 0 radical (unpaired) electrons. The van der Waals surface area contributed by atoms with E-state index in [1.165, 1.54) is 28.5 Å². The Kier molecular flexibility index (Phi) is 3.71. The summed E-state index contributed by atoms with van der Waals surface area (Å²) in [5, 5.41) is 6.03. The third-order valence-corrected chi connectivity index (χ3v) is 5.38. The Bertz CT molecular complexity index is 967. The van der Waals surface area contributed by atoms with E-state index < -0.39 is 9.84 Å². The number of H-pyrrole nitrogens is 1. The van der Waals surface area contributed by atoms with E-state index in [0.29, 0.717) is 11.4 Å². The molecule has 0 aliphatic heterocycles. The molecule has 0 fully saturated rings.